The standard InChI is InChI=1S/C26H25F3N4O3/c1-16(18-9-11-20(12-10-18)25(35)36)30-24(34)23-22(19-5-3-2-4-6-19)31-32-33(23)15-17-7-13-21(14-8-17)26(27,28)29/h5,7-14,16H,2-4,6,15H2,1H3,(H,30,34)(H,35,36)/t16-/m0/s1. The Balaban J connectivity index is 1.61. The number of rotatable bonds is 7. The Bertz CT molecular complexity index is 1280. The summed E-state index contributed by atoms with van der Waals surface area (Å²) in [6, 6.07) is 10.5. The van der Waals surface area contributed by atoms with Gasteiger partial charge in [0.25, 0.3) is 5.91 Å². The van der Waals surface area contributed by atoms with Crippen molar-refractivity contribution < 1.29 is 27.9 Å². The van der Waals surface area contributed by atoms with Gasteiger partial charge in [0.15, 0.2) is 5.69 Å². The minimum absolute atomic E-state index is 0.0723. The average Bonchev–Trinajstić information content (AvgIpc) is 3.28. The van der Waals surface area contributed by atoms with Crippen LogP contribution in [0, 0.1) is 0 Å². The quantitative estimate of drug-likeness (QED) is 0.449. The predicted molar refractivity (Wildman–Crippen MR) is 126 cm³/mol. The topological polar surface area (TPSA) is 97.1 Å². The van der Waals surface area contributed by atoms with Crippen molar-refractivity contribution in [1.29, 1.82) is 0 Å². The molecule has 0 unspecified atom stereocenters. The molecule has 0 fully saturated rings. The summed E-state index contributed by atoms with van der Waals surface area (Å²) in [5.41, 5.74) is 2.27. The molecule has 188 valence electrons. The van der Waals surface area contributed by atoms with Gasteiger partial charge < -0.3 is 10.4 Å². The summed E-state index contributed by atoms with van der Waals surface area (Å²) in [6.45, 7) is 1.85. The van der Waals surface area contributed by atoms with Gasteiger partial charge >= 0.3 is 12.1 Å². The summed E-state index contributed by atoms with van der Waals surface area (Å²) >= 11 is 0. The fourth-order valence-corrected chi connectivity index (χ4v) is 4.15. The average molecular weight is 499 g/mol. The molecule has 10 heteroatoms. The lowest BCUT2D eigenvalue weighted by molar-refractivity contribution is -0.137. The Morgan fingerprint density at radius 3 is 2.36 bits per heavy atom. The van der Waals surface area contributed by atoms with Gasteiger partial charge in [-0.15, -0.1) is 5.10 Å². The third-order valence-electron chi connectivity index (χ3n) is 6.16. The monoisotopic (exact) mass is 498 g/mol. The first-order valence-electron chi connectivity index (χ1n) is 11.6. The highest BCUT2D eigenvalue weighted by molar-refractivity contribution is 5.97. The maximum Gasteiger partial charge on any atom is 0.416 e. The molecule has 2 N–H and O–H groups in total. The van der Waals surface area contributed by atoms with Crippen LogP contribution in [-0.4, -0.2) is 32.0 Å². The number of halogens is 3. The number of carbonyl (C=O) groups excluding carboxylic acids is 1. The number of hydrogen-bond acceptors (Lipinski definition) is 4. The number of allylic oxidation sites excluding steroid dienone is 2. The van der Waals surface area contributed by atoms with Gasteiger partial charge in [-0.2, -0.15) is 13.2 Å². The number of nitrogens with zero attached hydrogens (tertiary/aromatic N) is 3. The number of carbonyl (C=O) groups is 2. The molecule has 0 radical (unpaired) electrons. The van der Waals surface area contributed by atoms with E-state index in [-0.39, 0.29) is 17.8 Å². The summed E-state index contributed by atoms with van der Waals surface area (Å²) in [6.07, 6.45) is 1.25. The van der Waals surface area contributed by atoms with Crippen LogP contribution in [0.1, 0.15) is 81.9 Å². The molecule has 1 heterocycles. The summed E-state index contributed by atoms with van der Waals surface area (Å²) in [4.78, 5) is 24.6. The fraction of sp³-hybridized carbons (Fsp3) is 0.308. The first kappa shape index (κ1) is 25.2. The molecule has 2 aromatic carbocycles. The first-order valence-corrected chi connectivity index (χ1v) is 11.6. The van der Waals surface area contributed by atoms with Gasteiger partial charge in [0, 0.05) is 0 Å². The van der Waals surface area contributed by atoms with Crippen molar-refractivity contribution in [3.8, 4) is 0 Å². The van der Waals surface area contributed by atoms with Crippen molar-refractivity contribution in [1.82, 2.24) is 20.3 Å². The molecule has 4 rings (SSSR count). The molecule has 1 atom stereocenters. The van der Waals surface area contributed by atoms with Gasteiger partial charge in [0.05, 0.1) is 23.7 Å². The third-order valence-corrected chi connectivity index (χ3v) is 6.16. The van der Waals surface area contributed by atoms with Crippen LogP contribution < -0.4 is 5.32 Å². The highest BCUT2D eigenvalue weighted by atomic mass is 19.4. The van der Waals surface area contributed by atoms with E-state index in [0.717, 1.165) is 43.4 Å². The van der Waals surface area contributed by atoms with E-state index in [9.17, 15) is 22.8 Å². The second-order valence-electron chi connectivity index (χ2n) is 8.74. The van der Waals surface area contributed by atoms with Gasteiger partial charge in [-0.1, -0.05) is 35.6 Å². The Hall–Kier alpha value is -3.95. The molecule has 1 aliphatic carbocycles. The van der Waals surface area contributed by atoms with Crippen LogP contribution in [0.3, 0.4) is 0 Å². The van der Waals surface area contributed by atoms with Gasteiger partial charge in [-0.3, -0.25) is 4.79 Å². The summed E-state index contributed by atoms with van der Waals surface area (Å²) in [5, 5.41) is 20.4. The zero-order valence-corrected chi connectivity index (χ0v) is 19.5. The number of benzene rings is 2. The maximum atomic E-state index is 13.4. The highest BCUT2D eigenvalue weighted by Gasteiger charge is 2.30. The van der Waals surface area contributed by atoms with E-state index in [4.69, 9.17) is 5.11 Å². The summed E-state index contributed by atoms with van der Waals surface area (Å²) in [7, 11) is 0. The second-order valence-corrected chi connectivity index (χ2v) is 8.74. The Labute approximate surface area is 205 Å². The lowest BCUT2D eigenvalue weighted by Gasteiger charge is -2.17. The lowest BCUT2D eigenvalue weighted by Crippen LogP contribution is -2.30. The number of amides is 1. The van der Waals surface area contributed by atoms with Crippen LogP contribution in [-0.2, 0) is 12.7 Å². The summed E-state index contributed by atoms with van der Waals surface area (Å²) < 4.78 is 40.2. The molecule has 0 aliphatic heterocycles. The number of aromatic carboxylic acids is 1. The van der Waals surface area contributed by atoms with Crippen LogP contribution in [0.5, 0.6) is 0 Å². The van der Waals surface area contributed by atoms with Gasteiger partial charge in [0.1, 0.15) is 5.69 Å². The number of aromatic nitrogens is 3. The summed E-state index contributed by atoms with van der Waals surface area (Å²) in [5.74, 6) is -1.47. The van der Waals surface area contributed by atoms with Gasteiger partial charge in [0.2, 0.25) is 0 Å². The SMILES string of the molecule is C[C@H](NC(=O)c1c(C2=CCCCC2)nnn1Cc1ccc(C(F)(F)F)cc1)c1ccc(C(=O)O)cc1. The first-order chi connectivity index (χ1) is 17.1. The maximum absolute atomic E-state index is 13.4. The molecule has 0 saturated carbocycles. The normalized spacial score (nSPS) is 14.7. The van der Waals surface area contributed by atoms with E-state index in [1.165, 1.54) is 28.9 Å². The molecule has 1 amide bonds. The van der Waals surface area contributed by atoms with Crippen LogP contribution in [0.2, 0.25) is 0 Å². The molecule has 1 aliphatic rings. The number of alkyl halides is 3. The van der Waals surface area contributed by atoms with E-state index >= 15 is 0 Å². The van der Waals surface area contributed by atoms with E-state index in [1.54, 1.807) is 19.1 Å². The van der Waals surface area contributed by atoms with Crippen LogP contribution in [0.15, 0.2) is 54.6 Å². The van der Waals surface area contributed by atoms with Gasteiger partial charge in [-0.25, -0.2) is 9.48 Å². The molecular formula is C26H25F3N4O3. The van der Waals surface area contributed by atoms with Gasteiger partial charge in [-0.05, 0) is 73.6 Å². The zero-order valence-electron chi connectivity index (χ0n) is 19.5. The van der Waals surface area contributed by atoms with E-state index in [0.29, 0.717) is 16.8 Å². The molecule has 0 saturated heterocycles. The Kier molecular flexibility index (Phi) is 7.23. The van der Waals surface area contributed by atoms with Crippen molar-refractivity contribution >= 4 is 17.4 Å². The van der Waals surface area contributed by atoms with Crippen molar-refractivity contribution in [2.45, 2.75) is 51.4 Å². The number of carboxylic acids is 1. The van der Waals surface area contributed by atoms with Crippen molar-refractivity contribution in [2.24, 2.45) is 0 Å². The largest absolute Gasteiger partial charge is 0.478 e. The fourth-order valence-electron chi connectivity index (χ4n) is 4.15. The van der Waals surface area contributed by atoms with Crippen molar-refractivity contribution in [3.63, 3.8) is 0 Å². The van der Waals surface area contributed by atoms with Crippen LogP contribution >= 0.6 is 0 Å². The molecule has 36 heavy (non-hydrogen) atoms. The predicted octanol–water partition coefficient (Wildman–Crippen LogP) is 5.49. The van der Waals surface area contributed by atoms with Crippen LogP contribution in [0.25, 0.3) is 5.57 Å². The van der Waals surface area contributed by atoms with Crippen LogP contribution in [0.4, 0.5) is 13.2 Å². The zero-order chi connectivity index (χ0) is 25.9. The number of nitrogens with one attached hydrogen (secondary N) is 1. The molecule has 0 spiro atoms. The van der Waals surface area contributed by atoms with E-state index < -0.39 is 29.7 Å². The molecule has 7 nitrogen and oxygen atoms in total. The highest BCUT2D eigenvalue weighted by Crippen LogP contribution is 2.30. The number of carboxylic acid groups (broad SMARTS) is 1. The van der Waals surface area contributed by atoms with E-state index in [1.807, 2.05) is 6.08 Å². The minimum atomic E-state index is -4.43. The number of hydrogen-bond donors (Lipinski definition) is 2. The molecule has 3 aromatic rings. The lowest BCUT2D eigenvalue weighted by atomic mass is 9.96. The molecular weight excluding hydrogens is 473 g/mol. The van der Waals surface area contributed by atoms with Crippen molar-refractivity contribution in [3.05, 3.63) is 88.2 Å². The second kappa shape index (κ2) is 10.3. The Morgan fingerprint density at radius 1 is 1.08 bits per heavy atom. The van der Waals surface area contributed by atoms with E-state index in [2.05, 4.69) is 15.6 Å². The molecule has 0 bridgehead atoms. The third kappa shape index (κ3) is 5.64. The minimum Gasteiger partial charge on any atom is -0.478 e. The van der Waals surface area contributed by atoms with Crippen molar-refractivity contribution in [2.75, 3.05) is 0 Å². The smallest absolute Gasteiger partial charge is 0.416 e. The Morgan fingerprint density at radius 2 is 1.78 bits per heavy atom. The molecule has 1 aromatic heterocycles.